The minimum absolute atomic E-state index is 0.114. The Morgan fingerprint density at radius 3 is 2.44 bits per heavy atom. The van der Waals surface area contributed by atoms with Gasteiger partial charge in [0, 0.05) is 24.8 Å². The summed E-state index contributed by atoms with van der Waals surface area (Å²) in [6, 6.07) is 9.09. The molecule has 0 aliphatic carbocycles. The third-order valence-corrected chi connectivity index (χ3v) is 4.56. The maximum atomic E-state index is 12.4. The number of nitrogens with one attached hydrogen (secondary N) is 2. The molecule has 1 aliphatic rings. The molecule has 0 unspecified atom stereocenters. The number of carboxylic acid groups (broad SMARTS) is 1. The Hall–Kier alpha value is -3.42. The van der Waals surface area contributed by atoms with Gasteiger partial charge in [-0.1, -0.05) is 12.1 Å². The Morgan fingerprint density at radius 1 is 1.15 bits per heavy atom. The molecular formula is C19H19N3O5. The van der Waals surface area contributed by atoms with E-state index in [-0.39, 0.29) is 17.4 Å². The van der Waals surface area contributed by atoms with E-state index < -0.39 is 17.6 Å². The number of aromatic carboxylic acids is 1. The molecule has 1 aromatic carbocycles. The number of hydrogen-bond donors (Lipinski definition) is 3. The highest BCUT2D eigenvalue weighted by Gasteiger charge is 2.32. The zero-order valence-corrected chi connectivity index (χ0v) is 14.7. The lowest BCUT2D eigenvalue weighted by Gasteiger charge is -2.22. The number of nitrogens with zero attached hydrogens (tertiary/aromatic N) is 1. The summed E-state index contributed by atoms with van der Waals surface area (Å²) in [6.45, 7) is 2.04. The van der Waals surface area contributed by atoms with E-state index in [4.69, 9.17) is 5.11 Å². The fraction of sp³-hybridized carbons (Fsp3) is 0.263. The van der Waals surface area contributed by atoms with Crippen molar-refractivity contribution in [2.45, 2.75) is 25.8 Å². The SMILES string of the molecule is CC(=O)N1CCC[C@H]1C(=O)Nc1ccc(-c2ccc(C(=O)O)c(=O)[nH]2)cc1. The molecular weight excluding hydrogens is 350 g/mol. The zero-order chi connectivity index (χ0) is 19.6. The molecule has 8 heteroatoms. The van der Waals surface area contributed by atoms with Gasteiger partial charge in [-0.15, -0.1) is 0 Å². The Kier molecular flexibility index (Phi) is 5.07. The van der Waals surface area contributed by atoms with Crippen LogP contribution in [0.25, 0.3) is 11.3 Å². The quantitative estimate of drug-likeness (QED) is 0.758. The van der Waals surface area contributed by atoms with Crippen LogP contribution < -0.4 is 10.9 Å². The van der Waals surface area contributed by atoms with Gasteiger partial charge in [0.15, 0.2) is 0 Å². The molecule has 1 aliphatic heterocycles. The van der Waals surface area contributed by atoms with Crippen LogP contribution in [-0.4, -0.2) is 45.4 Å². The molecule has 0 radical (unpaired) electrons. The van der Waals surface area contributed by atoms with Gasteiger partial charge in [-0.05, 0) is 42.7 Å². The van der Waals surface area contributed by atoms with E-state index >= 15 is 0 Å². The molecule has 1 saturated heterocycles. The molecule has 27 heavy (non-hydrogen) atoms. The van der Waals surface area contributed by atoms with Crippen molar-refractivity contribution in [2.24, 2.45) is 0 Å². The van der Waals surface area contributed by atoms with Crippen molar-refractivity contribution < 1.29 is 19.5 Å². The lowest BCUT2D eigenvalue weighted by atomic mass is 10.1. The van der Waals surface area contributed by atoms with Gasteiger partial charge in [-0.3, -0.25) is 14.4 Å². The molecule has 2 heterocycles. The molecule has 1 fully saturated rings. The number of carbonyl (C=O) groups is 3. The minimum atomic E-state index is -1.28. The summed E-state index contributed by atoms with van der Waals surface area (Å²) in [7, 11) is 0. The number of aromatic amines is 1. The Balaban J connectivity index is 1.73. The normalized spacial score (nSPS) is 16.2. The number of H-pyrrole nitrogens is 1. The average Bonchev–Trinajstić information content (AvgIpc) is 3.12. The second kappa shape index (κ2) is 7.45. The second-order valence-corrected chi connectivity index (χ2v) is 6.36. The first-order valence-corrected chi connectivity index (χ1v) is 8.52. The maximum Gasteiger partial charge on any atom is 0.341 e. The van der Waals surface area contributed by atoms with Crippen LogP contribution in [0.3, 0.4) is 0 Å². The number of pyridine rings is 1. The first-order valence-electron chi connectivity index (χ1n) is 8.52. The van der Waals surface area contributed by atoms with Gasteiger partial charge in [-0.2, -0.15) is 0 Å². The summed E-state index contributed by atoms with van der Waals surface area (Å²) in [5.74, 6) is -1.63. The molecule has 2 amide bonds. The first-order chi connectivity index (χ1) is 12.9. The van der Waals surface area contributed by atoms with E-state index in [0.717, 1.165) is 6.42 Å². The van der Waals surface area contributed by atoms with Gasteiger partial charge in [-0.25, -0.2) is 4.79 Å². The number of aromatic nitrogens is 1. The van der Waals surface area contributed by atoms with Gasteiger partial charge in [0.05, 0.1) is 0 Å². The van der Waals surface area contributed by atoms with Gasteiger partial charge < -0.3 is 20.3 Å². The highest BCUT2D eigenvalue weighted by Crippen LogP contribution is 2.22. The summed E-state index contributed by atoms with van der Waals surface area (Å²) in [4.78, 5) is 50.8. The minimum Gasteiger partial charge on any atom is -0.477 e. The van der Waals surface area contributed by atoms with E-state index in [2.05, 4.69) is 10.3 Å². The number of benzene rings is 1. The molecule has 0 spiro atoms. The van der Waals surface area contributed by atoms with Crippen LogP contribution >= 0.6 is 0 Å². The number of hydrogen-bond acceptors (Lipinski definition) is 4. The zero-order valence-electron chi connectivity index (χ0n) is 14.7. The van der Waals surface area contributed by atoms with Crippen LogP contribution in [0, 0.1) is 0 Å². The highest BCUT2D eigenvalue weighted by molar-refractivity contribution is 5.97. The Morgan fingerprint density at radius 2 is 1.85 bits per heavy atom. The molecule has 1 atom stereocenters. The summed E-state index contributed by atoms with van der Waals surface area (Å²) >= 11 is 0. The van der Waals surface area contributed by atoms with Crippen molar-refractivity contribution in [1.82, 2.24) is 9.88 Å². The van der Waals surface area contributed by atoms with E-state index in [1.54, 1.807) is 29.2 Å². The van der Waals surface area contributed by atoms with Crippen molar-refractivity contribution >= 4 is 23.5 Å². The van der Waals surface area contributed by atoms with Crippen molar-refractivity contribution in [3.8, 4) is 11.3 Å². The van der Waals surface area contributed by atoms with Crippen molar-refractivity contribution in [3.63, 3.8) is 0 Å². The average molecular weight is 369 g/mol. The number of amides is 2. The smallest absolute Gasteiger partial charge is 0.341 e. The van der Waals surface area contributed by atoms with Crippen LogP contribution in [0.1, 0.15) is 30.1 Å². The lowest BCUT2D eigenvalue weighted by Crippen LogP contribution is -2.42. The predicted octanol–water partition coefficient (Wildman–Crippen LogP) is 1.69. The molecule has 0 bridgehead atoms. The van der Waals surface area contributed by atoms with E-state index in [1.807, 2.05) is 0 Å². The standard InChI is InChI=1S/C19H19N3O5/c1-11(23)22-10-2-3-16(22)18(25)20-13-6-4-12(5-7-13)15-9-8-14(19(26)27)17(24)21-15/h4-9,16H,2-3,10H2,1H3,(H,20,25)(H,21,24)(H,26,27)/t16-/m0/s1. The monoisotopic (exact) mass is 369 g/mol. The second-order valence-electron chi connectivity index (χ2n) is 6.36. The lowest BCUT2D eigenvalue weighted by molar-refractivity contribution is -0.134. The van der Waals surface area contributed by atoms with Gasteiger partial charge in [0.2, 0.25) is 11.8 Å². The number of rotatable bonds is 4. The summed E-state index contributed by atoms with van der Waals surface area (Å²) < 4.78 is 0. The predicted molar refractivity (Wildman–Crippen MR) is 98.5 cm³/mol. The molecule has 1 aromatic heterocycles. The van der Waals surface area contributed by atoms with Crippen molar-refractivity contribution in [3.05, 3.63) is 52.3 Å². The number of carbonyl (C=O) groups excluding carboxylic acids is 2. The van der Waals surface area contributed by atoms with Crippen LogP contribution in [0.5, 0.6) is 0 Å². The molecule has 8 nitrogen and oxygen atoms in total. The van der Waals surface area contributed by atoms with Gasteiger partial charge in [0.1, 0.15) is 11.6 Å². The molecule has 3 N–H and O–H groups in total. The number of carboxylic acids is 1. The van der Waals surface area contributed by atoms with Crippen molar-refractivity contribution in [1.29, 1.82) is 0 Å². The summed E-state index contributed by atoms with van der Waals surface area (Å²) in [5.41, 5.74) is 0.718. The Bertz CT molecular complexity index is 949. The number of likely N-dealkylation sites (tertiary alicyclic amines) is 1. The summed E-state index contributed by atoms with van der Waals surface area (Å²) in [6.07, 6.45) is 1.44. The van der Waals surface area contributed by atoms with Gasteiger partial charge in [0.25, 0.3) is 5.56 Å². The first kappa shape index (κ1) is 18.4. The summed E-state index contributed by atoms with van der Waals surface area (Å²) in [5, 5.41) is 11.7. The molecule has 3 rings (SSSR count). The van der Waals surface area contributed by atoms with Crippen LogP contribution in [0.15, 0.2) is 41.2 Å². The van der Waals surface area contributed by atoms with Crippen LogP contribution in [0.4, 0.5) is 5.69 Å². The fourth-order valence-corrected chi connectivity index (χ4v) is 3.19. The maximum absolute atomic E-state index is 12.4. The van der Waals surface area contributed by atoms with E-state index in [0.29, 0.717) is 29.9 Å². The number of anilines is 1. The third kappa shape index (κ3) is 3.89. The fourth-order valence-electron chi connectivity index (χ4n) is 3.19. The van der Waals surface area contributed by atoms with Gasteiger partial charge >= 0.3 is 5.97 Å². The van der Waals surface area contributed by atoms with Crippen molar-refractivity contribution in [2.75, 3.05) is 11.9 Å². The van der Waals surface area contributed by atoms with E-state index in [1.165, 1.54) is 19.1 Å². The Labute approximate surface area is 154 Å². The molecule has 2 aromatic rings. The molecule has 140 valence electrons. The van der Waals surface area contributed by atoms with Crippen LogP contribution in [-0.2, 0) is 9.59 Å². The highest BCUT2D eigenvalue weighted by atomic mass is 16.4. The van der Waals surface area contributed by atoms with E-state index in [9.17, 15) is 19.2 Å². The largest absolute Gasteiger partial charge is 0.477 e. The third-order valence-electron chi connectivity index (χ3n) is 4.56. The topological polar surface area (TPSA) is 120 Å². The molecule has 0 saturated carbocycles. The van der Waals surface area contributed by atoms with Crippen LogP contribution in [0.2, 0.25) is 0 Å².